The molecule has 1 aromatic heterocycles. The Bertz CT molecular complexity index is 372. The molecule has 0 saturated carbocycles. The quantitative estimate of drug-likeness (QED) is 0.880. The predicted octanol–water partition coefficient (Wildman–Crippen LogP) is 1.89. The van der Waals surface area contributed by atoms with Gasteiger partial charge in [0.05, 0.1) is 12.1 Å². The zero-order valence-corrected chi connectivity index (χ0v) is 10.8. The van der Waals surface area contributed by atoms with Crippen molar-refractivity contribution in [3.05, 3.63) is 23.1 Å². The SMILES string of the molecule is CN(C)C(=O)C(C)(C)NCc1ccc(Cl)o1. The molecule has 0 aliphatic carbocycles. The average Bonchev–Trinajstić information content (AvgIpc) is 2.60. The van der Waals surface area contributed by atoms with E-state index < -0.39 is 5.54 Å². The summed E-state index contributed by atoms with van der Waals surface area (Å²) >= 11 is 5.65. The highest BCUT2D eigenvalue weighted by atomic mass is 35.5. The van der Waals surface area contributed by atoms with Gasteiger partial charge >= 0.3 is 0 Å². The van der Waals surface area contributed by atoms with E-state index in [1.807, 2.05) is 13.8 Å². The minimum Gasteiger partial charge on any atom is -0.448 e. The third-order valence-electron chi connectivity index (χ3n) is 2.27. The van der Waals surface area contributed by atoms with Gasteiger partial charge in [-0.1, -0.05) is 0 Å². The minimum absolute atomic E-state index is 0.0187. The van der Waals surface area contributed by atoms with Crippen LogP contribution < -0.4 is 5.32 Å². The van der Waals surface area contributed by atoms with Crippen molar-refractivity contribution in [1.29, 1.82) is 0 Å². The zero-order valence-electron chi connectivity index (χ0n) is 10.0. The van der Waals surface area contributed by atoms with Gasteiger partial charge < -0.3 is 9.32 Å². The van der Waals surface area contributed by atoms with Crippen LogP contribution in [0.5, 0.6) is 0 Å². The van der Waals surface area contributed by atoms with Gasteiger partial charge in [0.1, 0.15) is 5.76 Å². The number of hydrogen-bond donors (Lipinski definition) is 1. The number of hydrogen-bond acceptors (Lipinski definition) is 3. The van der Waals surface area contributed by atoms with Crippen molar-refractivity contribution in [3.8, 4) is 0 Å². The second-order valence-electron chi connectivity index (χ2n) is 4.38. The maximum atomic E-state index is 11.8. The van der Waals surface area contributed by atoms with E-state index in [4.69, 9.17) is 16.0 Å². The van der Waals surface area contributed by atoms with E-state index >= 15 is 0 Å². The Morgan fingerprint density at radius 1 is 1.50 bits per heavy atom. The first kappa shape index (κ1) is 13.1. The van der Waals surface area contributed by atoms with Crippen LogP contribution in [0.4, 0.5) is 0 Å². The van der Waals surface area contributed by atoms with Crippen LogP contribution in [0.1, 0.15) is 19.6 Å². The number of nitrogens with zero attached hydrogens (tertiary/aromatic N) is 1. The normalized spacial score (nSPS) is 11.6. The molecule has 90 valence electrons. The lowest BCUT2D eigenvalue weighted by atomic mass is 10.0. The number of halogens is 1. The van der Waals surface area contributed by atoms with Gasteiger partial charge in [-0.2, -0.15) is 0 Å². The highest BCUT2D eigenvalue weighted by Gasteiger charge is 2.28. The van der Waals surface area contributed by atoms with E-state index in [-0.39, 0.29) is 5.91 Å². The van der Waals surface area contributed by atoms with Crippen molar-refractivity contribution in [2.24, 2.45) is 0 Å². The molecule has 4 nitrogen and oxygen atoms in total. The van der Waals surface area contributed by atoms with Gasteiger partial charge in [0.2, 0.25) is 5.91 Å². The first-order valence-electron chi connectivity index (χ1n) is 5.04. The largest absolute Gasteiger partial charge is 0.448 e. The van der Waals surface area contributed by atoms with Gasteiger partial charge in [0.25, 0.3) is 0 Å². The number of furan rings is 1. The van der Waals surface area contributed by atoms with Gasteiger partial charge in [-0.25, -0.2) is 0 Å². The molecule has 0 bridgehead atoms. The molecule has 1 aromatic rings. The van der Waals surface area contributed by atoms with E-state index in [1.165, 1.54) is 0 Å². The Morgan fingerprint density at radius 3 is 2.56 bits per heavy atom. The van der Waals surface area contributed by atoms with Crippen molar-refractivity contribution < 1.29 is 9.21 Å². The number of carbonyl (C=O) groups is 1. The Hall–Kier alpha value is -1.00. The van der Waals surface area contributed by atoms with Crippen molar-refractivity contribution in [3.63, 3.8) is 0 Å². The van der Waals surface area contributed by atoms with Crippen molar-refractivity contribution in [2.45, 2.75) is 25.9 Å². The number of carbonyl (C=O) groups excluding carboxylic acids is 1. The summed E-state index contributed by atoms with van der Waals surface area (Å²) in [5.74, 6) is 0.731. The monoisotopic (exact) mass is 244 g/mol. The Morgan fingerprint density at radius 2 is 2.12 bits per heavy atom. The third-order valence-corrected chi connectivity index (χ3v) is 2.48. The summed E-state index contributed by atoms with van der Waals surface area (Å²) < 4.78 is 5.20. The number of nitrogens with one attached hydrogen (secondary N) is 1. The molecule has 16 heavy (non-hydrogen) atoms. The van der Waals surface area contributed by atoms with Crippen molar-refractivity contribution in [2.75, 3.05) is 14.1 Å². The molecule has 1 rings (SSSR count). The summed E-state index contributed by atoms with van der Waals surface area (Å²) in [5.41, 5.74) is -0.622. The lowest BCUT2D eigenvalue weighted by Crippen LogP contribution is -2.51. The van der Waals surface area contributed by atoms with Gasteiger partial charge in [-0.05, 0) is 37.6 Å². The molecule has 0 saturated heterocycles. The minimum atomic E-state index is -0.622. The highest BCUT2D eigenvalue weighted by molar-refractivity contribution is 6.28. The molecule has 1 amide bonds. The number of likely N-dealkylation sites (N-methyl/N-ethyl adjacent to an activating group) is 1. The molecule has 1 heterocycles. The molecule has 0 aromatic carbocycles. The summed E-state index contributed by atoms with van der Waals surface area (Å²) in [6, 6.07) is 3.46. The summed E-state index contributed by atoms with van der Waals surface area (Å²) in [7, 11) is 3.46. The molecular formula is C11H17ClN2O2. The molecule has 0 aliphatic heterocycles. The molecule has 0 atom stereocenters. The van der Waals surface area contributed by atoms with E-state index in [1.54, 1.807) is 31.1 Å². The average molecular weight is 245 g/mol. The van der Waals surface area contributed by atoms with Crippen LogP contribution in [0.25, 0.3) is 0 Å². The fourth-order valence-electron chi connectivity index (χ4n) is 1.39. The number of amides is 1. The summed E-state index contributed by atoms with van der Waals surface area (Å²) in [4.78, 5) is 13.4. The highest BCUT2D eigenvalue weighted by Crippen LogP contribution is 2.14. The third kappa shape index (κ3) is 3.25. The lowest BCUT2D eigenvalue weighted by molar-refractivity contribution is -0.134. The lowest BCUT2D eigenvalue weighted by Gasteiger charge is -2.27. The molecule has 0 unspecified atom stereocenters. The fourth-order valence-corrected chi connectivity index (χ4v) is 1.55. The van der Waals surface area contributed by atoms with Crippen LogP contribution in [-0.4, -0.2) is 30.4 Å². The van der Waals surface area contributed by atoms with E-state index in [0.29, 0.717) is 17.5 Å². The Kier molecular flexibility index (Phi) is 3.99. The Balaban J connectivity index is 2.57. The molecule has 0 aliphatic rings. The van der Waals surface area contributed by atoms with E-state index in [2.05, 4.69) is 5.32 Å². The van der Waals surface area contributed by atoms with Gasteiger partial charge in [-0.15, -0.1) is 0 Å². The van der Waals surface area contributed by atoms with Gasteiger partial charge in [-0.3, -0.25) is 10.1 Å². The van der Waals surface area contributed by atoms with Gasteiger partial charge in [0.15, 0.2) is 5.22 Å². The van der Waals surface area contributed by atoms with Crippen LogP contribution in [-0.2, 0) is 11.3 Å². The van der Waals surface area contributed by atoms with E-state index in [9.17, 15) is 4.79 Å². The smallest absolute Gasteiger partial charge is 0.241 e. The molecule has 0 spiro atoms. The Labute approximate surface area is 101 Å². The molecule has 0 fully saturated rings. The molecular weight excluding hydrogens is 228 g/mol. The fraction of sp³-hybridized carbons (Fsp3) is 0.545. The summed E-state index contributed by atoms with van der Waals surface area (Å²) in [6.07, 6.45) is 0. The zero-order chi connectivity index (χ0) is 12.3. The number of rotatable bonds is 4. The van der Waals surface area contributed by atoms with Crippen LogP contribution >= 0.6 is 11.6 Å². The van der Waals surface area contributed by atoms with Crippen LogP contribution in [0, 0.1) is 0 Å². The molecule has 5 heteroatoms. The maximum Gasteiger partial charge on any atom is 0.241 e. The standard InChI is InChI=1S/C11H17ClN2O2/c1-11(2,10(15)14(3)4)13-7-8-5-6-9(12)16-8/h5-6,13H,7H2,1-4H3. The topological polar surface area (TPSA) is 45.5 Å². The van der Waals surface area contributed by atoms with Gasteiger partial charge in [0, 0.05) is 14.1 Å². The molecule has 0 radical (unpaired) electrons. The molecule has 1 N–H and O–H groups in total. The summed E-state index contributed by atoms with van der Waals surface area (Å²) in [6.45, 7) is 4.14. The second kappa shape index (κ2) is 4.89. The van der Waals surface area contributed by atoms with E-state index in [0.717, 1.165) is 0 Å². The van der Waals surface area contributed by atoms with Crippen LogP contribution in [0.3, 0.4) is 0 Å². The van der Waals surface area contributed by atoms with Crippen molar-refractivity contribution in [1.82, 2.24) is 10.2 Å². The predicted molar refractivity (Wildman–Crippen MR) is 63.3 cm³/mol. The summed E-state index contributed by atoms with van der Waals surface area (Å²) in [5, 5.41) is 3.48. The van der Waals surface area contributed by atoms with Crippen LogP contribution in [0.15, 0.2) is 16.5 Å². The van der Waals surface area contributed by atoms with Crippen LogP contribution in [0.2, 0.25) is 5.22 Å². The second-order valence-corrected chi connectivity index (χ2v) is 4.76. The first-order chi connectivity index (χ1) is 7.33. The maximum absolute atomic E-state index is 11.8. The first-order valence-corrected chi connectivity index (χ1v) is 5.42. The van der Waals surface area contributed by atoms with Crippen molar-refractivity contribution >= 4 is 17.5 Å².